The Balaban J connectivity index is 2.47. The van der Waals surface area contributed by atoms with Crippen molar-refractivity contribution in [2.75, 3.05) is 38.6 Å². The lowest BCUT2D eigenvalue weighted by molar-refractivity contribution is -0.119. The van der Waals surface area contributed by atoms with E-state index in [-0.39, 0.29) is 5.91 Å². The molecular formula is C13H21N3O. The number of likely N-dealkylation sites (N-methyl/N-ethyl adjacent to an activating group) is 2. The van der Waals surface area contributed by atoms with Gasteiger partial charge < -0.3 is 10.6 Å². The van der Waals surface area contributed by atoms with Gasteiger partial charge in [0.15, 0.2) is 0 Å². The van der Waals surface area contributed by atoms with Gasteiger partial charge in [0.05, 0.1) is 6.54 Å². The molecule has 0 radical (unpaired) electrons. The van der Waals surface area contributed by atoms with Crippen LogP contribution in [0.25, 0.3) is 0 Å². The first-order valence-corrected chi connectivity index (χ1v) is 5.85. The van der Waals surface area contributed by atoms with Gasteiger partial charge in [-0.15, -0.1) is 0 Å². The molecule has 0 atom stereocenters. The molecule has 0 aromatic heterocycles. The normalized spacial score (nSPS) is 10.6. The van der Waals surface area contributed by atoms with Gasteiger partial charge in [0.2, 0.25) is 5.91 Å². The molecule has 1 aromatic rings. The first-order chi connectivity index (χ1) is 8.15. The largest absolute Gasteiger partial charge is 0.330 e. The minimum absolute atomic E-state index is 0.0933. The molecule has 1 rings (SSSR count). The van der Waals surface area contributed by atoms with Crippen molar-refractivity contribution in [1.29, 1.82) is 0 Å². The second-order valence-electron chi connectivity index (χ2n) is 4.17. The van der Waals surface area contributed by atoms with Crippen molar-refractivity contribution in [3.05, 3.63) is 30.3 Å². The molecule has 0 saturated heterocycles. The van der Waals surface area contributed by atoms with Crippen molar-refractivity contribution in [2.45, 2.75) is 6.42 Å². The highest BCUT2D eigenvalue weighted by molar-refractivity contribution is 5.94. The van der Waals surface area contributed by atoms with Crippen LogP contribution >= 0.6 is 0 Å². The maximum Gasteiger partial charge on any atom is 0.240 e. The second-order valence-corrected chi connectivity index (χ2v) is 4.17. The standard InChI is InChI=1S/C13H21N3O/c1-15(10-6-9-14)11-13(17)16(2)12-7-4-3-5-8-12/h3-5,7-8H,6,9-11,14H2,1-2H3. The Morgan fingerprint density at radius 3 is 2.47 bits per heavy atom. The van der Waals surface area contributed by atoms with Crippen molar-refractivity contribution in [2.24, 2.45) is 5.73 Å². The number of nitrogens with zero attached hydrogens (tertiary/aromatic N) is 2. The van der Waals surface area contributed by atoms with E-state index in [1.54, 1.807) is 11.9 Å². The molecular weight excluding hydrogens is 214 g/mol. The summed E-state index contributed by atoms with van der Waals surface area (Å²) in [4.78, 5) is 15.6. The van der Waals surface area contributed by atoms with Gasteiger partial charge in [-0.05, 0) is 38.7 Å². The smallest absolute Gasteiger partial charge is 0.240 e. The summed E-state index contributed by atoms with van der Waals surface area (Å²) in [6, 6.07) is 9.65. The van der Waals surface area contributed by atoms with Crippen LogP contribution < -0.4 is 10.6 Å². The number of benzene rings is 1. The molecule has 0 spiro atoms. The number of hydrogen-bond donors (Lipinski definition) is 1. The molecule has 94 valence electrons. The third kappa shape index (κ3) is 4.54. The molecule has 1 aromatic carbocycles. The molecule has 4 nitrogen and oxygen atoms in total. The van der Waals surface area contributed by atoms with E-state index in [2.05, 4.69) is 0 Å². The number of nitrogens with two attached hydrogens (primary N) is 1. The fourth-order valence-corrected chi connectivity index (χ4v) is 1.57. The Bertz CT molecular complexity index is 340. The maximum atomic E-state index is 12.0. The Morgan fingerprint density at radius 2 is 1.88 bits per heavy atom. The quantitative estimate of drug-likeness (QED) is 0.798. The third-order valence-corrected chi connectivity index (χ3v) is 2.67. The molecule has 0 saturated carbocycles. The van der Waals surface area contributed by atoms with Crippen LogP contribution in [0.4, 0.5) is 5.69 Å². The Morgan fingerprint density at radius 1 is 1.24 bits per heavy atom. The zero-order valence-electron chi connectivity index (χ0n) is 10.6. The van der Waals surface area contributed by atoms with Gasteiger partial charge in [0, 0.05) is 12.7 Å². The van der Waals surface area contributed by atoms with E-state index in [0.717, 1.165) is 18.7 Å². The highest BCUT2D eigenvalue weighted by Crippen LogP contribution is 2.11. The van der Waals surface area contributed by atoms with Crippen LogP contribution in [-0.4, -0.2) is 44.5 Å². The Labute approximate surface area is 103 Å². The molecule has 0 aliphatic heterocycles. The van der Waals surface area contributed by atoms with Gasteiger partial charge in [0.25, 0.3) is 0 Å². The summed E-state index contributed by atoms with van der Waals surface area (Å²) in [5.41, 5.74) is 6.36. The highest BCUT2D eigenvalue weighted by Gasteiger charge is 2.12. The third-order valence-electron chi connectivity index (χ3n) is 2.67. The van der Waals surface area contributed by atoms with Crippen LogP contribution in [0.5, 0.6) is 0 Å². The van der Waals surface area contributed by atoms with E-state index in [9.17, 15) is 4.79 Å². The van der Waals surface area contributed by atoms with Crippen molar-refractivity contribution < 1.29 is 4.79 Å². The van der Waals surface area contributed by atoms with Gasteiger partial charge in [-0.2, -0.15) is 0 Å². The number of para-hydroxylation sites is 1. The van der Waals surface area contributed by atoms with Gasteiger partial charge in [-0.1, -0.05) is 18.2 Å². The molecule has 0 bridgehead atoms. The average Bonchev–Trinajstić information content (AvgIpc) is 2.36. The van der Waals surface area contributed by atoms with Crippen LogP contribution in [-0.2, 0) is 4.79 Å². The van der Waals surface area contributed by atoms with Gasteiger partial charge in [-0.3, -0.25) is 9.69 Å². The first-order valence-electron chi connectivity index (χ1n) is 5.85. The van der Waals surface area contributed by atoms with Crippen molar-refractivity contribution in [3.63, 3.8) is 0 Å². The van der Waals surface area contributed by atoms with E-state index < -0.39 is 0 Å². The van der Waals surface area contributed by atoms with Gasteiger partial charge in [-0.25, -0.2) is 0 Å². The second kappa shape index (κ2) is 7.04. The van der Waals surface area contributed by atoms with Crippen molar-refractivity contribution in [1.82, 2.24) is 4.90 Å². The van der Waals surface area contributed by atoms with Gasteiger partial charge >= 0.3 is 0 Å². The number of carbonyl (C=O) groups excluding carboxylic acids is 1. The predicted octanol–water partition coefficient (Wildman–Crippen LogP) is 0.930. The summed E-state index contributed by atoms with van der Waals surface area (Å²) in [6.07, 6.45) is 0.916. The molecule has 2 N–H and O–H groups in total. The van der Waals surface area contributed by atoms with Crippen LogP contribution in [0.2, 0.25) is 0 Å². The minimum Gasteiger partial charge on any atom is -0.330 e. The van der Waals surface area contributed by atoms with E-state index in [1.807, 2.05) is 42.3 Å². The zero-order chi connectivity index (χ0) is 12.7. The molecule has 0 aliphatic rings. The Kier molecular flexibility index (Phi) is 5.66. The molecule has 1 amide bonds. The number of anilines is 1. The van der Waals surface area contributed by atoms with Crippen molar-refractivity contribution >= 4 is 11.6 Å². The van der Waals surface area contributed by atoms with E-state index in [1.165, 1.54) is 0 Å². The summed E-state index contributed by atoms with van der Waals surface area (Å²) in [5, 5.41) is 0. The summed E-state index contributed by atoms with van der Waals surface area (Å²) in [7, 11) is 3.74. The molecule has 0 unspecified atom stereocenters. The zero-order valence-corrected chi connectivity index (χ0v) is 10.6. The summed E-state index contributed by atoms with van der Waals surface area (Å²) < 4.78 is 0. The van der Waals surface area contributed by atoms with Gasteiger partial charge in [0.1, 0.15) is 0 Å². The average molecular weight is 235 g/mol. The lowest BCUT2D eigenvalue weighted by Crippen LogP contribution is -2.37. The lowest BCUT2D eigenvalue weighted by atomic mass is 10.3. The van der Waals surface area contributed by atoms with E-state index in [4.69, 9.17) is 5.73 Å². The van der Waals surface area contributed by atoms with Crippen molar-refractivity contribution in [3.8, 4) is 0 Å². The summed E-state index contributed by atoms with van der Waals surface area (Å²) in [6.45, 7) is 1.93. The predicted molar refractivity (Wildman–Crippen MR) is 71.0 cm³/mol. The monoisotopic (exact) mass is 235 g/mol. The van der Waals surface area contributed by atoms with E-state index in [0.29, 0.717) is 13.1 Å². The number of rotatable bonds is 6. The molecule has 0 fully saturated rings. The maximum absolute atomic E-state index is 12.0. The van der Waals surface area contributed by atoms with Crippen LogP contribution in [0.1, 0.15) is 6.42 Å². The minimum atomic E-state index is 0.0933. The van der Waals surface area contributed by atoms with Crippen LogP contribution in [0.15, 0.2) is 30.3 Å². The number of amides is 1. The van der Waals surface area contributed by atoms with E-state index >= 15 is 0 Å². The fraction of sp³-hybridized carbons (Fsp3) is 0.462. The number of carbonyl (C=O) groups is 1. The summed E-state index contributed by atoms with van der Waals surface area (Å²) in [5.74, 6) is 0.0933. The van der Waals surface area contributed by atoms with Crippen LogP contribution in [0, 0.1) is 0 Å². The fourth-order valence-electron chi connectivity index (χ4n) is 1.57. The summed E-state index contributed by atoms with van der Waals surface area (Å²) >= 11 is 0. The molecule has 4 heteroatoms. The first kappa shape index (κ1) is 13.7. The lowest BCUT2D eigenvalue weighted by Gasteiger charge is -2.21. The molecule has 0 heterocycles. The topological polar surface area (TPSA) is 49.6 Å². The number of hydrogen-bond acceptors (Lipinski definition) is 3. The Hall–Kier alpha value is -1.39. The highest BCUT2D eigenvalue weighted by atomic mass is 16.2. The SMILES string of the molecule is CN(CCCN)CC(=O)N(C)c1ccccc1. The molecule has 0 aliphatic carbocycles. The molecule has 17 heavy (non-hydrogen) atoms. The van der Waals surface area contributed by atoms with Crippen LogP contribution in [0.3, 0.4) is 0 Å².